The number of aryl methyl sites for hydroxylation is 2. The quantitative estimate of drug-likeness (QED) is 0.0486. The van der Waals surface area contributed by atoms with Gasteiger partial charge in [0.05, 0.1) is 23.8 Å². The van der Waals surface area contributed by atoms with Crippen molar-refractivity contribution >= 4 is 61.7 Å². The second-order valence-corrected chi connectivity index (χ2v) is 33.2. The number of rotatable bonds is 22. The number of fused-ring (bicyclic) bond motifs is 3. The van der Waals surface area contributed by atoms with E-state index in [2.05, 4.69) is 86.3 Å². The van der Waals surface area contributed by atoms with Crippen molar-refractivity contribution in [2.45, 2.75) is 156 Å². The summed E-state index contributed by atoms with van der Waals surface area (Å²) in [5, 5.41) is 7.79. The number of carbonyl (C=O) groups excluding carboxylic acids is 2. The average Bonchev–Trinajstić information content (AvgIpc) is 3.77. The van der Waals surface area contributed by atoms with E-state index >= 15 is 0 Å². The van der Waals surface area contributed by atoms with Crippen LogP contribution in [0.15, 0.2) is 48.8 Å². The number of alkyl carbamates (subject to hydrolysis) is 2. The largest absolute Gasteiger partial charge is 0.444 e. The Morgan fingerprint density at radius 3 is 1.34 bits per heavy atom. The summed E-state index contributed by atoms with van der Waals surface area (Å²) >= 11 is 0. The zero-order chi connectivity index (χ0) is 49.3. The van der Waals surface area contributed by atoms with E-state index in [-0.39, 0.29) is 0 Å². The predicted molar refractivity (Wildman–Crippen MR) is 275 cm³/mol. The fourth-order valence-corrected chi connectivity index (χ4v) is 8.79. The molecule has 0 atom stereocenters. The van der Waals surface area contributed by atoms with Crippen molar-refractivity contribution in [1.29, 1.82) is 0 Å². The Balaban J connectivity index is 1.17. The van der Waals surface area contributed by atoms with Crippen molar-refractivity contribution in [2.75, 3.05) is 26.3 Å². The number of benzene rings is 2. The van der Waals surface area contributed by atoms with Crippen molar-refractivity contribution in [3.63, 3.8) is 0 Å². The maximum absolute atomic E-state index is 12.1. The number of aromatic nitrogens is 8. The van der Waals surface area contributed by atoms with Crippen molar-refractivity contribution in [3.05, 3.63) is 60.4 Å². The number of hydrogen-bond acceptors (Lipinski definition) is 12. The number of nitrogens with zero attached hydrogens (tertiary/aromatic N) is 8. The predicted octanol–water partition coefficient (Wildman–Crippen LogP) is 10.8. The topological polar surface area (TPSA) is 182 Å². The third kappa shape index (κ3) is 15.9. The molecule has 2 N–H and O–H groups in total. The normalized spacial score (nSPS) is 12.6. The van der Waals surface area contributed by atoms with Gasteiger partial charge in [-0.3, -0.25) is 9.13 Å². The first-order valence-electron chi connectivity index (χ1n) is 24.1. The van der Waals surface area contributed by atoms with E-state index < -0.39 is 39.5 Å². The van der Waals surface area contributed by atoms with Gasteiger partial charge in [0.15, 0.2) is 22.6 Å². The summed E-state index contributed by atoms with van der Waals surface area (Å²) in [6.45, 7) is 28.2. The molecule has 6 rings (SSSR count). The van der Waals surface area contributed by atoms with Crippen molar-refractivity contribution < 1.29 is 28.5 Å². The molecule has 0 fully saturated rings. The molecule has 2 aromatic carbocycles. The van der Waals surface area contributed by atoms with Crippen LogP contribution in [0.2, 0.25) is 51.4 Å². The molecule has 68 heavy (non-hydrogen) atoms. The lowest BCUT2D eigenvalue weighted by Crippen LogP contribution is -2.33. The Morgan fingerprint density at radius 2 is 0.971 bits per heavy atom. The van der Waals surface area contributed by atoms with Crippen LogP contribution in [0.4, 0.5) is 9.59 Å². The number of imidazole rings is 2. The SMILES string of the molecule is CC(C)(C)OC(=O)NCCCCc1nc2nc(-c3ccc4cc(-c5cnc6c(n5)nc(CCCCNC(=O)OC(C)(C)C)n6COCC[Si](C)(C)C)ccc4c3)cnc2n1COCC[Si](C)(C)C. The second-order valence-electron chi connectivity index (χ2n) is 22.0. The molecule has 0 saturated carbocycles. The molecular formula is C50H74N10O6Si2. The van der Waals surface area contributed by atoms with Crippen LogP contribution in [-0.4, -0.2) is 105 Å². The monoisotopic (exact) mass is 967 g/mol. The summed E-state index contributed by atoms with van der Waals surface area (Å²) < 4.78 is 27.2. The highest BCUT2D eigenvalue weighted by atomic mass is 28.3. The highest BCUT2D eigenvalue weighted by Gasteiger charge is 2.21. The molecule has 0 saturated heterocycles. The van der Waals surface area contributed by atoms with Crippen LogP contribution in [0.3, 0.4) is 0 Å². The van der Waals surface area contributed by atoms with E-state index in [0.717, 1.165) is 82.7 Å². The number of carbonyl (C=O) groups is 2. The molecule has 0 aliphatic heterocycles. The number of amides is 2. The minimum absolute atomic E-state index is 0.350. The minimum Gasteiger partial charge on any atom is -0.444 e. The standard InChI is InChI=1S/C50H74N10O6Si2/c1-49(2,3)65-47(61)51-23-15-13-17-41-57-43-45(59(41)33-63-25-27-67(7,8)9)53-31-39(55-43)37-21-19-36-30-38(22-20-35(36)29-37)40-32-54-46-44(56-40)58-42(60(46)34-64-26-28-68(10,11)12)18-14-16-24-52-48(62)66-50(4,5)6/h19-22,29-32H,13-18,23-28,33-34H2,1-12H3,(H,51,61)(H,52,62). The summed E-state index contributed by atoms with van der Waals surface area (Å²) in [6, 6.07) is 14.7. The summed E-state index contributed by atoms with van der Waals surface area (Å²) in [4.78, 5) is 54.0. The van der Waals surface area contributed by atoms with Crippen LogP contribution < -0.4 is 10.6 Å². The zero-order valence-corrected chi connectivity index (χ0v) is 44.5. The Bertz CT molecular complexity index is 2480. The molecule has 0 aliphatic rings. The van der Waals surface area contributed by atoms with E-state index in [1.807, 2.05) is 63.1 Å². The fourth-order valence-electron chi connectivity index (χ4n) is 7.28. The second kappa shape index (κ2) is 22.4. The van der Waals surface area contributed by atoms with Gasteiger partial charge in [0.2, 0.25) is 0 Å². The summed E-state index contributed by atoms with van der Waals surface area (Å²) in [6.07, 6.45) is 7.32. The number of nitrogens with one attached hydrogen (secondary N) is 2. The van der Waals surface area contributed by atoms with Crippen LogP contribution in [0.25, 0.3) is 55.9 Å². The first-order valence-corrected chi connectivity index (χ1v) is 31.5. The van der Waals surface area contributed by atoms with Crippen molar-refractivity contribution in [1.82, 2.24) is 49.7 Å². The lowest BCUT2D eigenvalue weighted by atomic mass is 10.0. The van der Waals surface area contributed by atoms with Crippen molar-refractivity contribution in [2.24, 2.45) is 0 Å². The zero-order valence-electron chi connectivity index (χ0n) is 42.5. The van der Waals surface area contributed by atoms with Gasteiger partial charge in [0, 0.05) is 66.4 Å². The molecule has 0 radical (unpaired) electrons. The fraction of sp³-hybridized carbons (Fsp3) is 0.560. The summed E-state index contributed by atoms with van der Waals surface area (Å²) in [5.41, 5.74) is 4.76. The number of ether oxygens (including phenoxy) is 4. The maximum atomic E-state index is 12.1. The number of unbranched alkanes of at least 4 members (excludes halogenated alkanes) is 2. The van der Waals surface area contributed by atoms with Gasteiger partial charge < -0.3 is 29.6 Å². The third-order valence-corrected chi connectivity index (χ3v) is 14.3. The first kappa shape index (κ1) is 52.1. The number of hydrogen-bond donors (Lipinski definition) is 2. The molecule has 2 amide bonds. The molecule has 0 bridgehead atoms. The van der Waals surface area contributed by atoms with Crippen LogP contribution in [0.5, 0.6) is 0 Å². The van der Waals surface area contributed by atoms with Crippen LogP contribution in [0.1, 0.15) is 78.9 Å². The van der Waals surface area contributed by atoms with Crippen LogP contribution in [-0.2, 0) is 45.3 Å². The van der Waals surface area contributed by atoms with E-state index in [1.54, 1.807) is 0 Å². The lowest BCUT2D eigenvalue weighted by molar-refractivity contribution is 0.0515. The Kier molecular flexibility index (Phi) is 17.2. The Hall–Kier alpha value is -5.31. The molecule has 6 aromatic rings. The van der Waals surface area contributed by atoms with E-state index in [4.69, 9.17) is 48.9 Å². The molecule has 0 aliphatic carbocycles. The van der Waals surface area contributed by atoms with Gasteiger partial charge in [-0.25, -0.2) is 39.5 Å². The van der Waals surface area contributed by atoms with Gasteiger partial charge in [-0.05, 0) is 102 Å². The summed E-state index contributed by atoms with van der Waals surface area (Å²) in [5.74, 6) is 1.71. The molecule has 0 spiro atoms. The molecule has 4 aromatic heterocycles. The average molecular weight is 967 g/mol. The van der Waals surface area contributed by atoms with Crippen LogP contribution >= 0.6 is 0 Å². The smallest absolute Gasteiger partial charge is 0.407 e. The summed E-state index contributed by atoms with van der Waals surface area (Å²) in [7, 11) is -2.53. The van der Waals surface area contributed by atoms with Crippen molar-refractivity contribution in [3.8, 4) is 22.5 Å². The van der Waals surface area contributed by atoms with Gasteiger partial charge in [-0.15, -0.1) is 0 Å². The third-order valence-electron chi connectivity index (χ3n) is 10.9. The molecule has 4 heterocycles. The first-order chi connectivity index (χ1) is 32.0. The molecule has 368 valence electrons. The van der Waals surface area contributed by atoms with Gasteiger partial charge in [-0.2, -0.15) is 0 Å². The van der Waals surface area contributed by atoms with Crippen LogP contribution in [0, 0.1) is 0 Å². The van der Waals surface area contributed by atoms with E-state index in [9.17, 15) is 9.59 Å². The molecule has 0 unspecified atom stereocenters. The maximum Gasteiger partial charge on any atom is 0.407 e. The van der Waals surface area contributed by atoms with Gasteiger partial charge in [0.25, 0.3) is 0 Å². The van der Waals surface area contributed by atoms with E-state index in [0.29, 0.717) is 75.2 Å². The highest BCUT2D eigenvalue weighted by Crippen LogP contribution is 2.29. The minimum atomic E-state index is -1.27. The Labute approximate surface area is 403 Å². The van der Waals surface area contributed by atoms with Gasteiger partial charge in [-0.1, -0.05) is 63.5 Å². The molecule has 16 nitrogen and oxygen atoms in total. The van der Waals surface area contributed by atoms with Gasteiger partial charge >= 0.3 is 12.2 Å². The molecule has 18 heteroatoms. The molecular weight excluding hydrogens is 893 g/mol. The lowest BCUT2D eigenvalue weighted by Gasteiger charge is -2.19. The van der Waals surface area contributed by atoms with E-state index in [1.165, 1.54) is 0 Å². The van der Waals surface area contributed by atoms with Gasteiger partial charge in [0.1, 0.15) is 36.3 Å². The Morgan fingerprint density at radius 1 is 0.574 bits per heavy atom. The highest BCUT2D eigenvalue weighted by molar-refractivity contribution is 6.76.